The molecule has 2 heterocycles. The standard InChI is InChI=1S/C13H22N2O3/c1-2-4-11-13(17)15(8-12(16)14-11)7-10-5-3-6-18-9-10/h10-11H,2-9H2,1H3,(H,14,16). The summed E-state index contributed by atoms with van der Waals surface area (Å²) in [6, 6.07) is -0.319. The van der Waals surface area contributed by atoms with E-state index in [-0.39, 0.29) is 24.4 Å². The van der Waals surface area contributed by atoms with E-state index in [2.05, 4.69) is 5.32 Å². The molecular formula is C13H22N2O3. The lowest BCUT2D eigenvalue weighted by Gasteiger charge is -2.35. The third kappa shape index (κ3) is 3.22. The van der Waals surface area contributed by atoms with E-state index in [0.717, 1.165) is 32.3 Å². The van der Waals surface area contributed by atoms with Crippen molar-refractivity contribution in [3.8, 4) is 0 Å². The number of hydrogen-bond donors (Lipinski definition) is 1. The molecule has 2 rings (SSSR count). The molecule has 0 bridgehead atoms. The molecule has 5 heteroatoms. The Morgan fingerprint density at radius 1 is 1.44 bits per heavy atom. The molecule has 102 valence electrons. The fourth-order valence-corrected chi connectivity index (χ4v) is 2.68. The second-order valence-electron chi connectivity index (χ2n) is 5.21. The highest BCUT2D eigenvalue weighted by Crippen LogP contribution is 2.17. The number of nitrogens with one attached hydrogen (secondary N) is 1. The number of carbonyl (C=O) groups is 2. The van der Waals surface area contributed by atoms with Crippen molar-refractivity contribution in [1.82, 2.24) is 10.2 Å². The van der Waals surface area contributed by atoms with Crippen molar-refractivity contribution < 1.29 is 14.3 Å². The molecule has 2 aliphatic rings. The first-order valence-electron chi connectivity index (χ1n) is 6.86. The van der Waals surface area contributed by atoms with Crippen LogP contribution in [0.25, 0.3) is 0 Å². The van der Waals surface area contributed by atoms with Gasteiger partial charge in [-0.05, 0) is 25.2 Å². The van der Waals surface area contributed by atoms with Crippen LogP contribution in [0.4, 0.5) is 0 Å². The van der Waals surface area contributed by atoms with E-state index in [9.17, 15) is 9.59 Å². The Balaban J connectivity index is 1.92. The number of hydrogen-bond acceptors (Lipinski definition) is 3. The van der Waals surface area contributed by atoms with Gasteiger partial charge in [-0.3, -0.25) is 9.59 Å². The zero-order valence-corrected chi connectivity index (χ0v) is 11.0. The van der Waals surface area contributed by atoms with Crippen LogP contribution in [0.2, 0.25) is 0 Å². The highest BCUT2D eigenvalue weighted by Gasteiger charge is 2.33. The van der Waals surface area contributed by atoms with E-state index in [0.29, 0.717) is 19.1 Å². The summed E-state index contributed by atoms with van der Waals surface area (Å²) in [5.41, 5.74) is 0. The van der Waals surface area contributed by atoms with Crippen molar-refractivity contribution in [1.29, 1.82) is 0 Å². The number of rotatable bonds is 4. The summed E-state index contributed by atoms with van der Waals surface area (Å²) >= 11 is 0. The molecule has 0 aromatic carbocycles. The van der Waals surface area contributed by atoms with Crippen LogP contribution >= 0.6 is 0 Å². The van der Waals surface area contributed by atoms with E-state index < -0.39 is 0 Å². The molecule has 1 N–H and O–H groups in total. The Kier molecular flexibility index (Phi) is 4.58. The van der Waals surface area contributed by atoms with Gasteiger partial charge >= 0.3 is 0 Å². The summed E-state index contributed by atoms with van der Waals surface area (Å²) in [5, 5.41) is 2.77. The van der Waals surface area contributed by atoms with Crippen molar-refractivity contribution in [2.45, 2.75) is 38.6 Å². The summed E-state index contributed by atoms with van der Waals surface area (Å²) in [6.07, 6.45) is 3.76. The van der Waals surface area contributed by atoms with Crippen LogP contribution in [0, 0.1) is 5.92 Å². The highest BCUT2D eigenvalue weighted by atomic mass is 16.5. The molecule has 0 aromatic rings. The molecular weight excluding hydrogens is 232 g/mol. The van der Waals surface area contributed by atoms with Crippen LogP contribution in [0.3, 0.4) is 0 Å². The number of ether oxygens (including phenoxy) is 1. The second kappa shape index (κ2) is 6.18. The van der Waals surface area contributed by atoms with Gasteiger partial charge in [0.05, 0.1) is 13.2 Å². The minimum Gasteiger partial charge on any atom is -0.381 e. The van der Waals surface area contributed by atoms with Gasteiger partial charge in [0.15, 0.2) is 0 Å². The number of piperazine rings is 1. The average Bonchev–Trinajstić information content (AvgIpc) is 2.36. The molecule has 0 saturated carbocycles. The number of carbonyl (C=O) groups excluding carboxylic acids is 2. The lowest BCUT2D eigenvalue weighted by atomic mass is 10.00. The van der Waals surface area contributed by atoms with E-state index in [1.54, 1.807) is 4.90 Å². The zero-order chi connectivity index (χ0) is 13.0. The Morgan fingerprint density at radius 2 is 2.28 bits per heavy atom. The molecule has 0 radical (unpaired) electrons. The Bertz CT molecular complexity index is 313. The van der Waals surface area contributed by atoms with E-state index >= 15 is 0 Å². The first kappa shape index (κ1) is 13.3. The fourth-order valence-electron chi connectivity index (χ4n) is 2.68. The summed E-state index contributed by atoms with van der Waals surface area (Å²) in [7, 11) is 0. The van der Waals surface area contributed by atoms with Gasteiger partial charge < -0.3 is 15.0 Å². The Hall–Kier alpha value is -1.10. The van der Waals surface area contributed by atoms with Crippen LogP contribution < -0.4 is 5.32 Å². The maximum atomic E-state index is 12.2. The summed E-state index contributed by atoms with van der Waals surface area (Å²) in [6.45, 7) is 4.42. The molecule has 18 heavy (non-hydrogen) atoms. The normalized spacial score (nSPS) is 29.3. The molecule has 5 nitrogen and oxygen atoms in total. The van der Waals surface area contributed by atoms with Gasteiger partial charge in [-0.25, -0.2) is 0 Å². The number of nitrogens with zero attached hydrogens (tertiary/aromatic N) is 1. The third-order valence-corrected chi connectivity index (χ3v) is 3.59. The predicted molar refractivity (Wildman–Crippen MR) is 67.0 cm³/mol. The number of amides is 2. The molecule has 2 unspecified atom stereocenters. The predicted octanol–water partition coefficient (Wildman–Crippen LogP) is 0.540. The lowest BCUT2D eigenvalue weighted by Crippen LogP contribution is -2.59. The maximum Gasteiger partial charge on any atom is 0.245 e. The smallest absolute Gasteiger partial charge is 0.245 e. The first-order chi connectivity index (χ1) is 8.70. The van der Waals surface area contributed by atoms with Crippen molar-refractivity contribution in [2.75, 3.05) is 26.3 Å². The van der Waals surface area contributed by atoms with E-state index in [1.165, 1.54) is 0 Å². The Morgan fingerprint density at radius 3 is 2.94 bits per heavy atom. The van der Waals surface area contributed by atoms with E-state index in [1.807, 2.05) is 6.92 Å². The Labute approximate surface area is 108 Å². The molecule has 2 aliphatic heterocycles. The van der Waals surface area contributed by atoms with Crippen molar-refractivity contribution >= 4 is 11.8 Å². The minimum atomic E-state index is -0.319. The van der Waals surface area contributed by atoms with Crippen molar-refractivity contribution in [3.63, 3.8) is 0 Å². The van der Waals surface area contributed by atoms with Gasteiger partial charge in [0.25, 0.3) is 0 Å². The largest absolute Gasteiger partial charge is 0.381 e. The van der Waals surface area contributed by atoms with Crippen LogP contribution in [-0.2, 0) is 14.3 Å². The summed E-state index contributed by atoms with van der Waals surface area (Å²) in [5.74, 6) is 0.419. The quantitative estimate of drug-likeness (QED) is 0.796. The molecule has 2 amide bonds. The topological polar surface area (TPSA) is 58.6 Å². The second-order valence-corrected chi connectivity index (χ2v) is 5.21. The van der Waals surface area contributed by atoms with Gasteiger partial charge in [0.2, 0.25) is 11.8 Å². The molecule has 2 saturated heterocycles. The van der Waals surface area contributed by atoms with Gasteiger partial charge in [0, 0.05) is 13.2 Å². The molecule has 0 aromatic heterocycles. The first-order valence-corrected chi connectivity index (χ1v) is 6.86. The average molecular weight is 254 g/mol. The maximum absolute atomic E-state index is 12.2. The fraction of sp³-hybridized carbons (Fsp3) is 0.846. The molecule has 2 atom stereocenters. The van der Waals surface area contributed by atoms with Gasteiger partial charge in [0.1, 0.15) is 6.04 Å². The minimum absolute atomic E-state index is 0.0372. The van der Waals surface area contributed by atoms with Crippen molar-refractivity contribution in [2.24, 2.45) is 5.92 Å². The van der Waals surface area contributed by atoms with E-state index in [4.69, 9.17) is 4.74 Å². The van der Waals surface area contributed by atoms with Gasteiger partial charge in [-0.2, -0.15) is 0 Å². The SMILES string of the molecule is CCCC1NC(=O)CN(CC2CCCOC2)C1=O. The van der Waals surface area contributed by atoms with Gasteiger partial charge in [-0.1, -0.05) is 13.3 Å². The third-order valence-electron chi connectivity index (χ3n) is 3.59. The lowest BCUT2D eigenvalue weighted by molar-refractivity contribution is -0.145. The van der Waals surface area contributed by atoms with Crippen LogP contribution in [0.5, 0.6) is 0 Å². The van der Waals surface area contributed by atoms with Crippen LogP contribution in [-0.4, -0.2) is 49.1 Å². The molecule has 0 spiro atoms. The summed E-state index contributed by atoms with van der Waals surface area (Å²) < 4.78 is 5.42. The molecule has 0 aliphatic carbocycles. The summed E-state index contributed by atoms with van der Waals surface area (Å²) in [4.78, 5) is 25.5. The van der Waals surface area contributed by atoms with Crippen LogP contribution in [0.1, 0.15) is 32.6 Å². The van der Waals surface area contributed by atoms with Crippen molar-refractivity contribution in [3.05, 3.63) is 0 Å². The highest BCUT2D eigenvalue weighted by molar-refractivity contribution is 5.94. The zero-order valence-electron chi connectivity index (χ0n) is 11.0. The molecule has 2 fully saturated rings. The monoisotopic (exact) mass is 254 g/mol. The van der Waals surface area contributed by atoms with Gasteiger partial charge in [-0.15, -0.1) is 0 Å². The van der Waals surface area contributed by atoms with Crippen LogP contribution in [0.15, 0.2) is 0 Å².